The van der Waals surface area contributed by atoms with Gasteiger partial charge < -0.3 is 16.2 Å². The van der Waals surface area contributed by atoms with E-state index in [2.05, 4.69) is 40.3 Å². The van der Waals surface area contributed by atoms with Gasteiger partial charge >= 0.3 is 0 Å². The summed E-state index contributed by atoms with van der Waals surface area (Å²) in [6.45, 7) is 4.41. The van der Waals surface area contributed by atoms with Crippen molar-refractivity contribution >= 4 is 15.9 Å². The number of benzene rings is 1. The molecule has 0 amide bonds. The highest BCUT2D eigenvalue weighted by molar-refractivity contribution is 9.10. The van der Waals surface area contributed by atoms with Crippen LogP contribution in [0.3, 0.4) is 0 Å². The second-order valence-electron chi connectivity index (χ2n) is 4.49. The Balaban J connectivity index is 2.62. The maximum atomic E-state index is 9.34. The molecule has 4 heteroatoms. The molecule has 96 valence electrons. The highest BCUT2D eigenvalue weighted by Crippen LogP contribution is 2.17. The zero-order valence-electron chi connectivity index (χ0n) is 10.4. The monoisotopic (exact) mass is 300 g/mol. The molecule has 3 unspecified atom stereocenters. The fraction of sp³-hybridized carbons (Fsp3) is 0.538. The quantitative estimate of drug-likeness (QED) is 0.755. The van der Waals surface area contributed by atoms with Crippen LogP contribution in [0.1, 0.15) is 31.9 Å². The van der Waals surface area contributed by atoms with Gasteiger partial charge in [-0.25, -0.2) is 0 Å². The third-order valence-corrected chi connectivity index (χ3v) is 3.22. The van der Waals surface area contributed by atoms with Crippen LogP contribution in [0, 0.1) is 0 Å². The summed E-state index contributed by atoms with van der Waals surface area (Å²) in [7, 11) is 0. The van der Waals surface area contributed by atoms with Crippen LogP contribution in [0.5, 0.6) is 0 Å². The van der Waals surface area contributed by atoms with Crippen molar-refractivity contribution in [2.75, 3.05) is 6.54 Å². The van der Waals surface area contributed by atoms with Gasteiger partial charge in [0.25, 0.3) is 0 Å². The first-order valence-corrected chi connectivity index (χ1v) is 6.72. The fourth-order valence-corrected chi connectivity index (χ4v) is 2.18. The smallest absolute Gasteiger partial charge is 0.0526 e. The molecule has 17 heavy (non-hydrogen) atoms. The molecule has 0 aliphatic heterocycles. The Morgan fingerprint density at radius 1 is 1.29 bits per heavy atom. The second-order valence-corrected chi connectivity index (χ2v) is 5.41. The number of aliphatic hydroxyl groups excluding tert-OH is 1. The molecule has 0 heterocycles. The van der Waals surface area contributed by atoms with Crippen molar-refractivity contribution in [2.45, 2.75) is 38.5 Å². The summed E-state index contributed by atoms with van der Waals surface area (Å²) in [6, 6.07) is 8.52. The Morgan fingerprint density at radius 2 is 1.88 bits per heavy atom. The van der Waals surface area contributed by atoms with E-state index < -0.39 is 0 Å². The fourth-order valence-electron chi connectivity index (χ4n) is 1.92. The van der Waals surface area contributed by atoms with Crippen molar-refractivity contribution in [1.29, 1.82) is 0 Å². The molecule has 0 radical (unpaired) electrons. The predicted molar refractivity (Wildman–Crippen MR) is 74.8 cm³/mol. The Hall–Kier alpha value is -0.420. The molecule has 3 nitrogen and oxygen atoms in total. The predicted octanol–water partition coefficient (Wildman–Crippen LogP) is 2.20. The first kappa shape index (κ1) is 14.6. The van der Waals surface area contributed by atoms with Crippen LogP contribution < -0.4 is 11.1 Å². The summed E-state index contributed by atoms with van der Waals surface area (Å²) >= 11 is 3.42. The summed E-state index contributed by atoms with van der Waals surface area (Å²) in [4.78, 5) is 0. The number of nitrogens with one attached hydrogen (secondary N) is 1. The van der Waals surface area contributed by atoms with Crippen molar-refractivity contribution in [3.8, 4) is 0 Å². The molecule has 0 aliphatic carbocycles. The van der Waals surface area contributed by atoms with Gasteiger partial charge in [-0.2, -0.15) is 0 Å². The normalized spacial score (nSPS) is 16.5. The minimum Gasteiger partial charge on any atom is -0.393 e. The Morgan fingerprint density at radius 3 is 2.35 bits per heavy atom. The lowest BCUT2D eigenvalue weighted by Crippen LogP contribution is -2.36. The lowest BCUT2D eigenvalue weighted by atomic mass is 10.0. The first-order chi connectivity index (χ1) is 8.02. The summed E-state index contributed by atoms with van der Waals surface area (Å²) in [5, 5.41) is 12.8. The van der Waals surface area contributed by atoms with E-state index in [4.69, 9.17) is 5.73 Å². The highest BCUT2D eigenvalue weighted by Gasteiger charge is 2.13. The minimum absolute atomic E-state index is 0.136. The summed E-state index contributed by atoms with van der Waals surface area (Å²) in [6.07, 6.45) is 0.438. The molecule has 1 aromatic rings. The van der Waals surface area contributed by atoms with E-state index in [1.54, 1.807) is 6.92 Å². The molecule has 0 spiro atoms. The van der Waals surface area contributed by atoms with Gasteiger partial charge in [-0.3, -0.25) is 0 Å². The van der Waals surface area contributed by atoms with Crippen LogP contribution >= 0.6 is 15.9 Å². The van der Waals surface area contributed by atoms with Gasteiger partial charge in [0.15, 0.2) is 0 Å². The number of nitrogens with two attached hydrogens (primary N) is 1. The van der Waals surface area contributed by atoms with Gasteiger partial charge in [-0.1, -0.05) is 28.1 Å². The van der Waals surface area contributed by atoms with Crippen LogP contribution in [0.15, 0.2) is 28.7 Å². The molecule has 0 saturated heterocycles. The maximum Gasteiger partial charge on any atom is 0.0526 e. The summed E-state index contributed by atoms with van der Waals surface area (Å²) < 4.78 is 1.06. The number of rotatable bonds is 6. The van der Waals surface area contributed by atoms with Crippen LogP contribution in [0.25, 0.3) is 0 Å². The molecule has 1 aromatic carbocycles. The van der Waals surface area contributed by atoms with E-state index in [-0.39, 0.29) is 18.2 Å². The van der Waals surface area contributed by atoms with Crippen LogP contribution in [0.2, 0.25) is 0 Å². The third-order valence-electron chi connectivity index (χ3n) is 2.69. The van der Waals surface area contributed by atoms with Gasteiger partial charge in [0.05, 0.1) is 6.10 Å². The molecular formula is C13H21BrN2O. The van der Waals surface area contributed by atoms with Crippen molar-refractivity contribution in [1.82, 2.24) is 5.32 Å². The lowest BCUT2D eigenvalue weighted by molar-refractivity contribution is 0.168. The minimum atomic E-state index is -0.291. The molecule has 3 atom stereocenters. The van der Waals surface area contributed by atoms with E-state index >= 15 is 0 Å². The maximum absolute atomic E-state index is 9.34. The van der Waals surface area contributed by atoms with Gasteiger partial charge in [-0.05, 0) is 38.0 Å². The molecule has 0 bridgehead atoms. The number of hydrogen-bond donors (Lipinski definition) is 3. The number of aliphatic hydroxyl groups is 1. The van der Waals surface area contributed by atoms with E-state index in [1.165, 1.54) is 5.56 Å². The topological polar surface area (TPSA) is 58.3 Å². The van der Waals surface area contributed by atoms with Crippen LogP contribution in [-0.4, -0.2) is 23.8 Å². The van der Waals surface area contributed by atoms with Crippen molar-refractivity contribution in [3.05, 3.63) is 34.3 Å². The molecule has 0 aromatic heterocycles. The highest BCUT2D eigenvalue weighted by atomic mass is 79.9. The standard InChI is InChI=1S/C13H21BrN2O/c1-9(7-10(2)17)16-13(8-15)11-3-5-12(14)6-4-11/h3-6,9-10,13,16-17H,7-8,15H2,1-2H3. The van der Waals surface area contributed by atoms with Gasteiger partial charge in [0.1, 0.15) is 0 Å². The van der Waals surface area contributed by atoms with E-state index in [0.29, 0.717) is 6.54 Å². The Labute approximate surface area is 112 Å². The van der Waals surface area contributed by atoms with Gasteiger partial charge in [-0.15, -0.1) is 0 Å². The molecular weight excluding hydrogens is 280 g/mol. The first-order valence-electron chi connectivity index (χ1n) is 5.92. The SMILES string of the molecule is CC(O)CC(C)NC(CN)c1ccc(Br)cc1. The second kappa shape index (κ2) is 7.11. The van der Waals surface area contributed by atoms with Crippen LogP contribution in [-0.2, 0) is 0 Å². The molecule has 0 fully saturated rings. The van der Waals surface area contributed by atoms with E-state index in [9.17, 15) is 5.11 Å². The van der Waals surface area contributed by atoms with E-state index in [1.807, 2.05) is 12.1 Å². The van der Waals surface area contributed by atoms with Crippen LogP contribution in [0.4, 0.5) is 0 Å². The lowest BCUT2D eigenvalue weighted by Gasteiger charge is -2.23. The van der Waals surface area contributed by atoms with Crippen molar-refractivity contribution in [2.24, 2.45) is 5.73 Å². The molecule has 1 rings (SSSR count). The average Bonchev–Trinajstić information content (AvgIpc) is 2.26. The zero-order valence-corrected chi connectivity index (χ0v) is 11.9. The van der Waals surface area contributed by atoms with Gasteiger partial charge in [0, 0.05) is 23.1 Å². The van der Waals surface area contributed by atoms with E-state index in [0.717, 1.165) is 10.9 Å². The molecule has 4 N–H and O–H groups in total. The molecule has 0 saturated carbocycles. The Kier molecular flexibility index (Phi) is 6.12. The zero-order chi connectivity index (χ0) is 12.8. The van der Waals surface area contributed by atoms with Gasteiger partial charge in [0.2, 0.25) is 0 Å². The summed E-state index contributed by atoms with van der Waals surface area (Å²) in [5.41, 5.74) is 6.96. The molecule has 0 aliphatic rings. The average molecular weight is 301 g/mol. The third kappa shape index (κ3) is 5.17. The summed E-state index contributed by atoms with van der Waals surface area (Å²) in [5.74, 6) is 0. The largest absolute Gasteiger partial charge is 0.393 e. The Bertz CT molecular complexity index is 327. The number of halogens is 1. The number of hydrogen-bond acceptors (Lipinski definition) is 3. The van der Waals surface area contributed by atoms with Crippen molar-refractivity contribution < 1.29 is 5.11 Å². The van der Waals surface area contributed by atoms with Crippen molar-refractivity contribution in [3.63, 3.8) is 0 Å².